The molecule has 0 saturated carbocycles. The number of benzene rings is 1. The molecule has 2 aliphatic heterocycles. The number of Topliss-reactive ketones (excluding diaryl/α,β-unsaturated/α-hetero) is 1. The summed E-state index contributed by atoms with van der Waals surface area (Å²) in [4.78, 5) is 42.3. The molecule has 0 radical (unpaired) electrons. The zero-order valence-corrected chi connectivity index (χ0v) is 18.0. The topological polar surface area (TPSA) is 98.5 Å². The highest BCUT2D eigenvalue weighted by molar-refractivity contribution is 14.1. The van der Waals surface area contributed by atoms with Crippen LogP contribution in [0.3, 0.4) is 0 Å². The van der Waals surface area contributed by atoms with Crippen LogP contribution in [-0.2, 0) is 33.1 Å². The largest absolute Gasteiger partial charge is 0.458 e. The average Bonchev–Trinajstić information content (AvgIpc) is 3.11. The number of fused-ring (bicyclic) bond motifs is 5. The van der Waals surface area contributed by atoms with Crippen molar-refractivity contribution in [2.75, 3.05) is 4.43 Å². The van der Waals surface area contributed by atoms with Crippen molar-refractivity contribution in [2.24, 2.45) is 0 Å². The summed E-state index contributed by atoms with van der Waals surface area (Å²) in [6.07, 6.45) is -0.104. The van der Waals surface area contributed by atoms with Gasteiger partial charge in [-0.05, 0) is 24.6 Å². The number of aromatic nitrogens is 2. The van der Waals surface area contributed by atoms with E-state index >= 15 is 0 Å². The minimum atomic E-state index is -2.02. The molecule has 5 rings (SSSR count). The maximum atomic E-state index is 13.2. The Morgan fingerprint density at radius 2 is 2.07 bits per heavy atom. The maximum Gasteiger partial charge on any atom is 0.343 e. The van der Waals surface area contributed by atoms with Crippen molar-refractivity contribution in [3.05, 3.63) is 63.4 Å². The summed E-state index contributed by atoms with van der Waals surface area (Å²) < 4.78 is 7.02. The van der Waals surface area contributed by atoms with Gasteiger partial charge in [0.1, 0.15) is 12.4 Å². The van der Waals surface area contributed by atoms with Crippen LogP contribution in [0.2, 0.25) is 0 Å². The molecule has 2 aromatic heterocycles. The summed E-state index contributed by atoms with van der Waals surface area (Å²) in [5, 5.41) is 12.2. The highest BCUT2D eigenvalue weighted by Gasteiger charge is 2.46. The molecule has 0 spiro atoms. The first-order valence-corrected chi connectivity index (χ1v) is 11.1. The van der Waals surface area contributed by atoms with E-state index < -0.39 is 11.6 Å². The number of halogens is 1. The van der Waals surface area contributed by atoms with Gasteiger partial charge in [-0.25, -0.2) is 9.78 Å². The minimum absolute atomic E-state index is 0.0197. The number of ketones is 1. The predicted octanol–water partition coefficient (Wildman–Crippen LogP) is 2.45. The smallest absolute Gasteiger partial charge is 0.343 e. The molecule has 7 nitrogen and oxygen atoms in total. The zero-order chi connectivity index (χ0) is 21.0. The molecule has 2 aliphatic rings. The fraction of sp³-hybridized carbons (Fsp3) is 0.273. The van der Waals surface area contributed by atoms with Crippen LogP contribution >= 0.6 is 22.6 Å². The lowest BCUT2D eigenvalue weighted by Gasteiger charge is -2.32. The van der Waals surface area contributed by atoms with Gasteiger partial charge in [0.2, 0.25) is 0 Å². The van der Waals surface area contributed by atoms with Crippen LogP contribution in [0.1, 0.15) is 29.5 Å². The number of carbonyl (C=O) groups is 2. The van der Waals surface area contributed by atoms with Crippen molar-refractivity contribution in [2.45, 2.75) is 31.6 Å². The van der Waals surface area contributed by atoms with Crippen LogP contribution in [-0.4, -0.2) is 30.8 Å². The van der Waals surface area contributed by atoms with Gasteiger partial charge >= 0.3 is 5.97 Å². The van der Waals surface area contributed by atoms with E-state index in [0.29, 0.717) is 17.9 Å². The van der Waals surface area contributed by atoms with Crippen LogP contribution in [0.4, 0.5) is 0 Å². The molecule has 0 saturated heterocycles. The number of pyridine rings is 2. The Morgan fingerprint density at radius 3 is 2.87 bits per heavy atom. The Hall–Kier alpha value is -2.59. The van der Waals surface area contributed by atoms with E-state index in [2.05, 4.69) is 0 Å². The number of carbonyl (C=O) groups excluding carboxylic acids is 2. The van der Waals surface area contributed by atoms with Crippen LogP contribution in [0, 0.1) is 0 Å². The van der Waals surface area contributed by atoms with Crippen LogP contribution in [0.15, 0.2) is 41.2 Å². The number of hydrogen-bond acceptors (Lipinski definition) is 6. The molecule has 152 valence electrons. The molecule has 1 N–H and O–H groups in total. The second-order valence-electron chi connectivity index (χ2n) is 7.61. The average molecular weight is 516 g/mol. The third kappa shape index (κ3) is 2.81. The number of nitrogens with zero attached hydrogens (tertiary/aromatic N) is 2. The van der Waals surface area contributed by atoms with E-state index in [-0.39, 0.29) is 46.3 Å². The van der Waals surface area contributed by atoms with Gasteiger partial charge in [0.15, 0.2) is 5.60 Å². The maximum absolute atomic E-state index is 13.2. The van der Waals surface area contributed by atoms with Crippen LogP contribution in [0.5, 0.6) is 0 Å². The summed E-state index contributed by atoms with van der Waals surface area (Å²) in [6, 6.07) is 11.4. The number of cyclic esters (lactones) is 1. The molecule has 0 aliphatic carbocycles. The van der Waals surface area contributed by atoms with E-state index in [1.54, 1.807) is 10.6 Å². The number of para-hydroxylation sites is 1. The number of alkyl halides is 1. The molecule has 8 heteroatoms. The van der Waals surface area contributed by atoms with Crippen molar-refractivity contribution in [1.29, 1.82) is 0 Å². The van der Waals surface area contributed by atoms with Crippen molar-refractivity contribution in [3.63, 3.8) is 0 Å². The van der Waals surface area contributed by atoms with E-state index in [4.69, 9.17) is 9.72 Å². The second kappa shape index (κ2) is 6.98. The van der Waals surface area contributed by atoms with Crippen molar-refractivity contribution in [3.8, 4) is 11.4 Å². The number of esters is 1. The summed E-state index contributed by atoms with van der Waals surface area (Å²) in [6.45, 7) is 0.176. The number of rotatable bonds is 4. The monoisotopic (exact) mass is 516 g/mol. The van der Waals surface area contributed by atoms with Gasteiger partial charge in [0, 0.05) is 22.9 Å². The third-order valence-corrected chi connectivity index (χ3v) is 6.67. The quantitative estimate of drug-likeness (QED) is 0.254. The van der Waals surface area contributed by atoms with Gasteiger partial charge < -0.3 is 14.4 Å². The Morgan fingerprint density at radius 1 is 1.27 bits per heavy atom. The SMILES string of the molecule is O=C(CI)CC[C@@]1(O)C(=O)OCc2c1cc1n(c2=O)Cc2cc3ccccc3nc2-1. The van der Waals surface area contributed by atoms with Crippen molar-refractivity contribution < 1.29 is 19.4 Å². The van der Waals surface area contributed by atoms with Crippen molar-refractivity contribution in [1.82, 2.24) is 9.55 Å². The molecule has 3 aromatic rings. The third-order valence-electron chi connectivity index (χ3n) is 5.82. The molecule has 0 fully saturated rings. The Kier molecular flexibility index (Phi) is 4.51. The lowest BCUT2D eigenvalue weighted by atomic mass is 9.84. The summed E-state index contributed by atoms with van der Waals surface area (Å²) in [7, 11) is 0. The van der Waals surface area contributed by atoms with Crippen LogP contribution < -0.4 is 5.56 Å². The summed E-state index contributed by atoms with van der Waals surface area (Å²) in [5.41, 5.74) is 1.07. The van der Waals surface area contributed by atoms with Gasteiger partial charge in [0.05, 0.1) is 33.4 Å². The molecule has 4 heterocycles. The van der Waals surface area contributed by atoms with Gasteiger partial charge in [-0.2, -0.15) is 0 Å². The Labute approximate surface area is 184 Å². The highest BCUT2D eigenvalue weighted by atomic mass is 127. The molecule has 0 unspecified atom stereocenters. The molecule has 0 bridgehead atoms. The molecule has 1 atom stereocenters. The highest BCUT2D eigenvalue weighted by Crippen LogP contribution is 2.39. The minimum Gasteiger partial charge on any atom is -0.458 e. The van der Waals surface area contributed by atoms with E-state index in [0.717, 1.165) is 16.5 Å². The molecule has 1 aromatic carbocycles. The number of hydrogen-bond donors (Lipinski definition) is 1. The lowest BCUT2D eigenvalue weighted by molar-refractivity contribution is -0.173. The second-order valence-corrected chi connectivity index (χ2v) is 8.37. The van der Waals surface area contributed by atoms with E-state index in [1.807, 2.05) is 52.9 Å². The van der Waals surface area contributed by atoms with Crippen molar-refractivity contribution >= 4 is 45.2 Å². The Balaban J connectivity index is 1.69. The zero-order valence-electron chi connectivity index (χ0n) is 15.9. The standard InChI is InChI=1S/C22H17IN2O5/c23-9-14(26)5-6-22(29)16-8-18-19-13(7-12-3-1-2-4-17(12)24-19)10-25(18)20(27)15(16)11-30-21(22)28/h1-4,7-8,29H,5-6,9-11H2/t22-/m0/s1. The van der Waals surface area contributed by atoms with Crippen LogP contribution in [0.25, 0.3) is 22.3 Å². The van der Waals surface area contributed by atoms with Gasteiger partial charge in [-0.3, -0.25) is 9.59 Å². The lowest BCUT2D eigenvalue weighted by Crippen LogP contribution is -2.45. The normalized spacial score (nSPS) is 19.2. The first-order chi connectivity index (χ1) is 14.4. The summed E-state index contributed by atoms with van der Waals surface area (Å²) >= 11 is 1.95. The van der Waals surface area contributed by atoms with E-state index in [9.17, 15) is 19.5 Å². The van der Waals surface area contributed by atoms with Gasteiger partial charge in [-0.15, -0.1) is 0 Å². The number of aliphatic hydroxyl groups is 1. The van der Waals surface area contributed by atoms with E-state index in [1.165, 1.54) is 0 Å². The first-order valence-electron chi connectivity index (χ1n) is 9.56. The first kappa shape index (κ1) is 19.4. The molecular weight excluding hydrogens is 499 g/mol. The summed E-state index contributed by atoms with van der Waals surface area (Å²) in [5.74, 6) is -0.911. The Bertz CT molecular complexity index is 1300. The number of ether oxygens (including phenoxy) is 1. The predicted molar refractivity (Wildman–Crippen MR) is 117 cm³/mol. The molecule has 0 amide bonds. The van der Waals surface area contributed by atoms with Gasteiger partial charge in [0.25, 0.3) is 5.56 Å². The van der Waals surface area contributed by atoms with Gasteiger partial charge in [-0.1, -0.05) is 40.8 Å². The fourth-order valence-electron chi connectivity index (χ4n) is 4.21. The molecule has 30 heavy (non-hydrogen) atoms. The fourth-order valence-corrected chi connectivity index (χ4v) is 4.60. The molecular formula is C22H17IN2O5.